The summed E-state index contributed by atoms with van der Waals surface area (Å²) in [7, 11) is 0. The van der Waals surface area contributed by atoms with Gasteiger partial charge in [-0.05, 0) is 92.0 Å². The largest absolute Gasteiger partial charge is 0.0622 e. The van der Waals surface area contributed by atoms with E-state index in [0.717, 1.165) is 23.5 Å². The van der Waals surface area contributed by atoms with Crippen molar-refractivity contribution in [1.29, 1.82) is 0 Å². The van der Waals surface area contributed by atoms with Crippen LogP contribution in [0.4, 0.5) is 0 Å². The molecule has 0 aliphatic heterocycles. The van der Waals surface area contributed by atoms with Crippen LogP contribution in [0.1, 0.15) is 0 Å². The van der Waals surface area contributed by atoms with Crippen molar-refractivity contribution in [2.45, 2.75) is 0 Å². The molecule has 0 saturated carbocycles. The van der Waals surface area contributed by atoms with Gasteiger partial charge in [0.15, 0.2) is 0 Å². The Morgan fingerprint density at radius 3 is 1.68 bits per heavy atom. The normalized spacial score (nSPS) is 10.7. The van der Waals surface area contributed by atoms with Crippen LogP contribution in [0.3, 0.4) is 0 Å². The molecule has 0 nitrogen and oxygen atoms in total. The van der Waals surface area contributed by atoms with Gasteiger partial charge in [0.25, 0.3) is 0 Å². The number of rotatable bonds is 2. The molecule has 0 saturated heterocycles. The molecule has 0 aliphatic carbocycles. The summed E-state index contributed by atoms with van der Waals surface area (Å²) in [4.78, 5) is 0. The lowest BCUT2D eigenvalue weighted by molar-refractivity contribution is 1.48. The van der Waals surface area contributed by atoms with E-state index in [1.165, 1.54) is 16.7 Å². The Morgan fingerprint density at radius 2 is 1.05 bits per heavy atom. The summed E-state index contributed by atoms with van der Waals surface area (Å²) in [5.41, 5.74) is 4.75. The number of halogens is 4. The van der Waals surface area contributed by atoms with Crippen molar-refractivity contribution in [3.05, 3.63) is 78.6 Å². The predicted octanol–water partition coefficient (Wildman–Crippen LogP) is 8.07. The first kappa shape index (κ1) is 16.4. The summed E-state index contributed by atoms with van der Waals surface area (Å²) in [5, 5.41) is 0. The fourth-order valence-electron chi connectivity index (χ4n) is 2.26. The Balaban J connectivity index is 2.04. The number of benzene rings is 3. The molecule has 22 heavy (non-hydrogen) atoms. The molecule has 0 unspecified atom stereocenters. The van der Waals surface area contributed by atoms with Crippen LogP contribution in [0.5, 0.6) is 0 Å². The van der Waals surface area contributed by atoms with Crippen molar-refractivity contribution < 1.29 is 0 Å². The van der Waals surface area contributed by atoms with E-state index < -0.39 is 0 Å². The minimum atomic E-state index is 1.00. The van der Waals surface area contributed by atoms with Crippen LogP contribution in [0.15, 0.2) is 78.6 Å². The highest BCUT2D eigenvalue weighted by Crippen LogP contribution is 2.43. The third-order valence-corrected chi connectivity index (χ3v) is 8.07. The van der Waals surface area contributed by atoms with Gasteiger partial charge in [-0.15, -0.1) is 0 Å². The van der Waals surface area contributed by atoms with Gasteiger partial charge in [-0.1, -0.05) is 54.6 Å². The van der Waals surface area contributed by atoms with Gasteiger partial charge in [0.05, 0.1) is 0 Å². The van der Waals surface area contributed by atoms with Crippen LogP contribution in [0, 0.1) is 0 Å². The van der Waals surface area contributed by atoms with Crippen molar-refractivity contribution in [2.75, 3.05) is 0 Å². The zero-order valence-electron chi connectivity index (χ0n) is 11.3. The van der Waals surface area contributed by atoms with E-state index in [-0.39, 0.29) is 0 Å². The van der Waals surface area contributed by atoms with Gasteiger partial charge < -0.3 is 0 Å². The van der Waals surface area contributed by atoms with Crippen molar-refractivity contribution in [1.82, 2.24) is 0 Å². The van der Waals surface area contributed by atoms with E-state index in [1.807, 2.05) is 6.07 Å². The second-order valence-corrected chi connectivity index (χ2v) is 8.02. The average molecular weight is 546 g/mol. The minimum absolute atomic E-state index is 1.00. The highest BCUT2D eigenvalue weighted by molar-refractivity contribution is 9.15. The molecule has 4 heteroatoms. The topological polar surface area (TPSA) is 0 Å². The maximum absolute atomic E-state index is 3.67. The van der Waals surface area contributed by atoms with Gasteiger partial charge in [0.2, 0.25) is 0 Å². The van der Waals surface area contributed by atoms with Gasteiger partial charge in [-0.25, -0.2) is 0 Å². The zero-order chi connectivity index (χ0) is 15.7. The van der Waals surface area contributed by atoms with E-state index in [2.05, 4.69) is 118 Å². The lowest BCUT2D eigenvalue weighted by Crippen LogP contribution is -1.85. The van der Waals surface area contributed by atoms with Crippen LogP contribution in [-0.2, 0) is 0 Å². The molecule has 3 rings (SSSR count). The Morgan fingerprint density at radius 1 is 0.500 bits per heavy atom. The first-order valence-corrected chi connectivity index (χ1v) is 9.74. The van der Waals surface area contributed by atoms with Crippen molar-refractivity contribution in [3.63, 3.8) is 0 Å². The van der Waals surface area contributed by atoms with Gasteiger partial charge in [0, 0.05) is 17.9 Å². The van der Waals surface area contributed by atoms with Crippen molar-refractivity contribution in [3.8, 4) is 22.3 Å². The molecular formula is C18H10Br4. The summed E-state index contributed by atoms with van der Waals surface area (Å²) in [6.07, 6.45) is 0. The molecule has 0 bridgehead atoms. The summed E-state index contributed by atoms with van der Waals surface area (Å²) in [6.45, 7) is 0. The van der Waals surface area contributed by atoms with Gasteiger partial charge in [-0.3, -0.25) is 0 Å². The van der Waals surface area contributed by atoms with Crippen molar-refractivity contribution in [2.24, 2.45) is 0 Å². The van der Waals surface area contributed by atoms with Gasteiger partial charge in [0.1, 0.15) is 0 Å². The van der Waals surface area contributed by atoms with E-state index in [4.69, 9.17) is 0 Å². The van der Waals surface area contributed by atoms with Crippen molar-refractivity contribution >= 4 is 63.7 Å². The quantitative estimate of drug-likeness (QED) is 0.226. The van der Waals surface area contributed by atoms with Gasteiger partial charge >= 0.3 is 0 Å². The molecule has 0 atom stereocenters. The van der Waals surface area contributed by atoms with Crippen LogP contribution >= 0.6 is 63.7 Å². The lowest BCUT2D eigenvalue weighted by Gasteiger charge is -2.11. The van der Waals surface area contributed by atoms with Crippen LogP contribution in [0.2, 0.25) is 0 Å². The third-order valence-electron chi connectivity index (χ3n) is 3.41. The molecule has 0 radical (unpaired) electrons. The van der Waals surface area contributed by atoms with Gasteiger partial charge in [-0.2, -0.15) is 0 Å². The lowest BCUT2D eigenvalue weighted by atomic mass is 10.0. The smallest absolute Gasteiger partial charge is 0.0477 e. The van der Waals surface area contributed by atoms with Crippen LogP contribution in [-0.4, -0.2) is 0 Å². The van der Waals surface area contributed by atoms with Crippen LogP contribution in [0.25, 0.3) is 22.3 Å². The minimum Gasteiger partial charge on any atom is -0.0622 e. The Labute approximate surface area is 163 Å². The number of hydrogen-bond acceptors (Lipinski definition) is 0. The molecule has 0 aliphatic rings. The molecule has 3 aromatic carbocycles. The zero-order valence-corrected chi connectivity index (χ0v) is 17.6. The monoisotopic (exact) mass is 542 g/mol. The molecule has 0 spiro atoms. The van der Waals surface area contributed by atoms with Crippen LogP contribution < -0.4 is 0 Å². The predicted molar refractivity (Wildman–Crippen MR) is 108 cm³/mol. The standard InChI is InChI=1S/C18H10Br4/c19-15-10-14(16(20)18(22)17(15)21)13-8-6-12(7-9-13)11-4-2-1-3-5-11/h1-10H. The molecule has 0 heterocycles. The second-order valence-electron chi connectivity index (χ2n) is 4.79. The summed E-state index contributed by atoms with van der Waals surface area (Å²) in [5.74, 6) is 0. The Hall–Kier alpha value is -0.420. The first-order valence-electron chi connectivity index (χ1n) is 6.57. The summed E-state index contributed by atoms with van der Waals surface area (Å²) in [6, 6.07) is 21.1. The highest BCUT2D eigenvalue weighted by atomic mass is 79.9. The van der Waals surface area contributed by atoms with E-state index in [9.17, 15) is 0 Å². The molecule has 0 amide bonds. The fraction of sp³-hybridized carbons (Fsp3) is 0. The Bertz CT molecular complexity index is 809. The maximum atomic E-state index is 3.67. The molecule has 0 aromatic heterocycles. The van der Waals surface area contributed by atoms with E-state index in [1.54, 1.807) is 0 Å². The van der Waals surface area contributed by atoms with E-state index >= 15 is 0 Å². The molecule has 0 N–H and O–H groups in total. The summed E-state index contributed by atoms with van der Waals surface area (Å²) < 4.78 is 4.06. The molecule has 0 fully saturated rings. The first-order chi connectivity index (χ1) is 10.6. The highest BCUT2D eigenvalue weighted by Gasteiger charge is 2.13. The SMILES string of the molecule is Brc1cc(-c2ccc(-c3ccccc3)cc2)c(Br)c(Br)c1Br. The maximum Gasteiger partial charge on any atom is 0.0477 e. The second kappa shape index (κ2) is 7.00. The summed E-state index contributed by atoms with van der Waals surface area (Å²) >= 11 is 14.4. The Kier molecular flexibility index (Phi) is 5.23. The molecular weight excluding hydrogens is 536 g/mol. The average Bonchev–Trinajstić information content (AvgIpc) is 2.57. The fourth-order valence-corrected chi connectivity index (χ4v) is 4.50. The number of hydrogen-bond donors (Lipinski definition) is 0. The van der Waals surface area contributed by atoms with E-state index in [0.29, 0.717) is 0 Å². The molecule has 3 aromatic rings. The third kappa shape index (κ3) is 3.25. The molecule has 110 valence electrons.